The van der Waals surface area contributed by atoms with Crippen LogP contribution < -0.4 is 10.1 Å². The fourth-order valence-corrected chi connectivity index (χ4v) is 4.16. The van der Waals surface area contributed by atoms with Crippen LogP contribution >= 0.6 is 0 Å². The second-order valence-electron chi connectivity index (χ2n) is 7.66. The van der Waals surface area contributed by atoms with Crippen molar-refractivity contribution in [3.63, 3.8) is 0 Å². The van der Waals surface area contributed by atoms with E-state index in [-0.39, 0.29) is 5.91 Å². The molecule has 0 unspecified atom stereocenters. The van der Waals surface area contributed by atoms with Crippen LogP contribution in [0.4, 0.5) is 0 Å². The maximum absolute atomic E-state index is 13.4. The first kappa shape index (κ1) is 19.5. The summed E-state index contributed by atoms with van der Waals surface area (Å²) >= 11 is 0. The van der Waals surface area contributed by atoms with E-state index in [0.29, 0.717) is 17.3 Å². The van der Waals surface area contributed by atoms with Crippen LogP contribution in [0, 0.1) is 5.92 Å². The molecule has 29 heavy (non-hydrogen) atoms. The molecule has 3 aromatic rings. The van der Waals surface area contributed by atoms with Gasteiger partial charge >= 0.3 is 0 Å². The van der Waals surface area contributed by atoms with Crippen molar-refractivity contribution in [3.05, 3.63) is 54.3 Å². The molecule has 1 fully saturated rings. The Morgan fingerprint density at radius 1 is 1.17 bits per heavy atom. The number of fused-ring (bicyclic) bond motifs is 1. The molecule has 152 valence electrons. The predicted octanol–water partition coefficient (Wildman–Crippen LogP) is 4.57. The number of piperidine rings is 1. The fraction of sp³-hybridized carbons (Fsp3) is 0.375. The second kappa shape index (κ2) is 8.70. The highest BCUT2D eigenvalue weighted by Gasteiger charge is 2.29. The lowest BCUT2D eigenvalue weighted by Gasteiger charge is -2.31. The minimum Gasteiger partial charge on any atom is -0.497 e. The quantitative estimate of drug-likeness (QED) is 0.668. The summed E-state index contributed by atoms with van der Waals surface area (Å²) in [6.07, 6.45) is 3.25. The molecule has 5 heteroatoms. The lowest BCUT2D eigenvalue weighted by atomic mass is 9.93. The molecule has 0 saturated carbocycles. The average molecular weight is 392 g/mol. The minimum absolute atomic E-state index is 0.0221. The normalized spacial score (nSPS) is 15.0. The number of hydrogen-bond donors (Lipinski definition) is 1. The van der Waals surface area contributed by atoms with Gasteiger partial charge in [-0.1, -0.05) is 30.3 Å². The number of carbonyl (C=O) groups is 1. The van der Waals surface area contributed by atoms with Crippen LogP contribution in [0.5, 0.6) is 5.75 Å². The Hall–Kier alpha value is -2.79. The van der Waals surface area contributed by atoms with Gasteiger partial charge in [0.15, 0.2) is 0 Å². The predicted molar refractivity (Wildman–Crippen MR) is 115 cm³/mol. The smallest absolute Gasteiger partial charge is 0.290 e. The summed E-state index contributed by atoms with van der Waals surface area (Å²) in [4.78, 5) is 15.4. The van der Waals surface area contributed by atoms with Crippen molar-refractivity contribution in [1.29, 1.82) is 0 Å². The van der Waals surface area contributed by atoms with E-state index in [1.165, 1.54) is 0 Å². The van der Waals surface area contributed by atoms with Gasteiger partial charge in [0, 0.05) is 30.1 Å². The highest BCUT2D eigenvalue weighted by molar-refractivity contribution is 6.08. The second-order valence-corrected chi connectivity index (χ2v) is 7.66. The van der Waals surface area contributed by atoms with Gasteiger partial charge in [-0.3, -0.25) is 4.79 Å². The summed E-state index contributed by atoms with van der Waals surface area (Å²) in [7, 11) is 3.62. The molecule has 0 atom stereocenters. The van der Waals surface area contributed by atoms with Gasteiger partial charge in [-0.2, -0.15) is 0 Å². The molecule has 1 aliphatic heterocycles. The molecule has 4 rings (SSSR count). The van der Waals surface area contributed by atoms with Crippen molar-refractivity contribution in [2.75, 3.05) is 33.8 Å². The first-order valence-corrected chi connectivity index (χ1v) is 10.3. The summed E-state index contributed by atoms with van der Waals surface area (Å²) in [5, 5.41) is 4.15. The van der Waals surface area contributed by atoms with E-state index in [1.54, 1.807) is 7.11 Å². The van der Waals surface area contributed by atoms with Crippen molar-refractivity contribution in [1.82, 2.24) is 10.2 Å². The van der Waals surface area contributed by atoms with Gasteiger partial charge in [-0.25, -0.2) is 0 Å². The Morgan fingerprint density at radius 3 is 2.62 bits per heavy atom. The topological polar surface area (TPSA) is 54.7 Å². The zero-order valence-electron chi connectivity index (χ0n) is 17.1. The minimum atomic E-state index is -0.0221. The third kappa shape index (κ3) is 4.01. The van der Waals surface area contributed by atoms with E-state index in [4.69, 9.17) is 9.15 Å². The van der Waals surface area contributed by atoms with E-state index < -0.39 is 0 Å². The number of likely N-dealkylation sites (tertiary alicyclic amines) is 1. The molecule has 0 aliphatic carbocycles. The maximum atomic E-state index is 13.4. The Kier molecular flexibility index (Phi) is 5.86. The van der Waals surface area contributed by atoms with Crippen LogP contribution in [-0.2, 0) is 0 Å². The van der Waals surface area contributed by atoms with Crippen LogP contribution in [-0.4, -0.2) is 44.6 Å². The zero-order chi connectivity index (χ0) is 20.2. The van der Waals surface area contributed by atoms with Crippen molar-refractivity contribution < 1.29 is 13.9 Å². The number of amides is 1. The fourth-order valence-electron chi connectivity index (χ4n) is 4.16. The van der Waals surface area contributed by atoms with Crippen molar-refractivity contribution in [2.24, 2.45) is 5.92 Å². The summed E-state index contributed by atoms with van der Waals surface area (Å²) in [6.45, 7) is 2.59. The zero-order valence-corrected chi connectivity index (χ0v) is 17.1. The standard InChI is InChI=1S/C24H28N2O3/c1-25-13-10-17-11-14-26(15-12-17)24(27)23-22(18-6-4-3-5-7-18)20-9-8-19(28-2)16-21(20)29-23/h3-9,16-17,25H,10-15H2,1-2H3. The molecule has 2 heterocycles. The highest BCUT2D eigenvalue weighted by atomic mass is 16.5. The molecule has 0 radical (unpaired) electrons. The van der Waals surface area contributed by atoms with Crippen molar-refractivity contribution in [3.8, 4) is 16.9 Å². The number of nitrogens with zero attached hydrogens (tertiary/aromatic N) is 1. The van der Waals surface area contributed by atoms with Crippen molar-refractivity contribution in [2.45, 2.75) is 19.3 Å². The number of furan rings is 1. The van der Waals surface area contributed by atoms with Gasteiger partial charge in [0.05, 0.1) is 7.11 Å². The SMILES string of the molecule is CNCCC1CCN(C(=O)c2oc3cc(OC)ccc3c2-c2ccccc2)CC1. The molecule has 0 bridgehead atoms. The largest absolute Gasteiger partial charge is 0.497 e. The first-order chi connectivity index (χ1) is 14.2. The van der Waals surface area contributed by atoms with Crippen LogP contribution in [0.3, 0.4) is 0 Å². The lowest BCUT2D eigenvalue weighted by Crippen LogP contribution is -2.39. The maximum Gasteiger partial charge on any atom is 0.290 e. The van der Waals surface area contributed by atoms with Gasteiger partial charge in [0.1, 0.15) is 11.3 Å². The third-order valence-corrected chi connectivity index (χ3v) is 5.86. The Labute approximate surface area is 171 Å². The molecule has 1 aromatic heterocycles. The van der Waals surface area contributed by atoms with Crippen LogP contribution in [0.25, 0.3) is 22.1 Å². The van der Waals surface area contributed by atoms with Gasteiger partial charge in [0.25, 0.3) is 5.91 Å². The molecule has 1 saturated heterocycles. The Balaban J connectivity index is 1.67. The van der Waals surface area contributed by atoms with E-state index in [2.05, 4.69) is 5.32 Å². The molecule has 1 amide bonds. The van der Waals surface area contributed by atoms with Crippen molar-refractivity contribution >= 4 is 16.9 Å². The molecular formula is C24H28N2O3. The van der Waals surface area contributed by atoms with Crippen LogP contribution in [0.1, 0.15) is 29.8 Å². The van der Waals surface area contributed by atoms with Gasteiger partial charge in [-0.15, -0.1) is 0 Å². The Bertz CT molecular complexity index is 972. The number of methoxy groups -OCH3 is 1. The van der Waals surface area contributed by atoms with E-state index >= 15 is 0 Å². The molecule has 5 nitrogen and oxygen atoms in total. The number of carbonyl (C=O) groups excluding carboxylic acids is 1. The average Bonchev–Trinajstić information content (AvgIpc) is 3.16. The molecular weight excluding hydrogens is 364 g/mol. The van der Waals surface area contributed by atoms with Crippen LogP contribution in [0.2, 0.25) is 0 Å². The molecule has 2 aromatic carbocycles. The van der Waals surface area contributed by atoms with Gasteiger partial charge in [0.2, 0.25) is 5.76 Å². The number of nitrogens with one attached hydrogen (secondary N) is 1. The molecule has 1 N–H and O–H groups in total. The summed E-state index contributed by atoms with van der Waals surface area (Å²) < 4.78 is 11.5. The number of benzene rings is 2. The molecule has 0 spiro atoms. The van der Waals surface area contributed by atoms with Gasteiger partial charge < -0.3 is 19.4 Å². The monoisotopic (exact) mass is 392 g/mol. The van der Waals surface area contributed by atoms with Gasteiger partial charge in [-0.05, 0) is 56.5 Å². The lowest BCUT2D eigenvalue weighted by molar-refractivity contribution is 0.0658. The summed E-state index contributed by atoms with van der Waals surface area (Å²) in [6, 6.07) is 15.7. The Morgan fingerprint density at radius 2 is 1.93 bits per heavy atom. The summed E-state index contributed by atoms with van der Waals surface area (Å²) in [5.41, 5.74) is 2.53. The summed E-state index contributed by atoms with van der Waals surface area (Å²) in [5.74, 6) is 1.80. The number of hydrogen-bond acceptors (Lipinski definition) is 4. The first-order valence-electron chi connectivity index (χ1n) is 10.3. The van der Waals surface area contributed by atoms with E-state index in [0.717, 1.165) is 61.2 Å². The number of ether oxygens (including phenoxy) is 1. The van der Waals surface area contributed by atoms with E-state index in [1.807, 2.05) is 60.5 Å². The van der Waals surface area contributed by atoms with Crippen LogP contribution in [0.15, 0.2) is 52.9 Å². The number of rotatable bonds is 6. The highest BCUT2D eigenvalue weighted by Crippen LogP contribution is 2.37. The van der Waals surface area contributed by atoms with E-state index in [9.17, 15) is 4.79 Å². The third-order valence-electron chi connectivity index (χ3n) is 5.86. The molecule has 1 aliphatic rings.